The molecule has 196 valence electrons. The maximum atomic E-state index is 11.6. The summed E-state index contributed by atoms with van der Waals surface area (Å²) in [7, 11) is -9.21. The fraction of sp³-hybridized carbons (Fsp3) is 0.222. The Hall–Kier alpha value is -2.16. The number of carbonyl (C=O) groups is 2. The molecule has 6 N–H and O–H groups in total. The summed E-state index contributed by atoms with van der Waals surface area (Å²) in [6.07, 6.45) is 0. The average molecular weight is 668 g/mol. The first-order valence-corrected chi connectivity index (χ1v) is 19.6. The molecule has 0 radical (unpaired) electrons. The second-order valence-electron chi connectivity index (χ2n) is 6.58. The Morgan fingerprint density at radius 2 is 1.00 bits per heavy atom. The summed E-state index contributed by atoms with van der Waals surface area (Å²) in [5.74, 6) is -1.02. The van der Waals surface area contributed by atoms with Crippen LogP contribution in [0.25, 0.3) is 0 Å². The molecule has 0 spiro atoms. The molecule has 0 aliphatic carbocycles. The van der Waals surface area contributed by atoms with Gasteiger partial charge in [0.15, 0.2) is 0 Å². The van der Waals surface area contributed by atoms with Gasteiger partial charge in [-0.25, -0.2) is 0 Å². The van der Waals surface area contributed by atoms with Gasteiger partial charge >= 0.3 is 219 Å². The van der Waals surface area contributed by atoms with Crippen LogP contribution in [0.3, 0.4) is 0 Å². The summed E-state index contributed by atoms with van der Waals surface area (Å²) in [5.41, 5.74) is 1.43. The summed E-state index contributed by atoms with van der Waals surface area (Å²) in [6.45, 7) is -1.53. The second kappa shape index (κ2) is 14.5. The Morgan fingerprint density at radius 1 is 0.667 bits per heavy atom. The van der Waals surface area contributed by atoms with Crippen LogP contribution >= 0.6 is 0 Å². The van der Waals surface area contributed by atoms with Crippen molar-refractivity contribution in [3.63, 3.8) is 0 Å². The first kappa shape index (κ1) is 30.1. The third-order valence-corrected chi connectivity index (χ3v) is 13.3. The van der Waals surface area contributed by atoms with Crippen LogP contribution in [0.15, 0.2) is 48.5 Å². The van der Waals surface area contributed by atoms with Crippen molar-refractivity contribution in [2.75, 3.05) is 37.2 Å². The van der Waals surface area contributed by atoms with Crippen LogP contribution in [0.1, 0.15) is 0 Å². The van der Waals surface area contributed by atoms with E-state index in [1.54, 1.807) is 0 Å². The van der Waals surface area contributed by atoms with Gasteiger partial charge in [-0.15, -0.1) is 0 Å². The Morgan fingerprint density at radius 3 is 1.31 bits per heavy atom. The van der Waals surface area contributed by atoms with Gasteiger partial charge in [0, 0.05) is 0 Å². The van der Waals surface area contributed by atoms with Crippen molar-refractivity contribution in [3.8, 4) is 0 Å². The molecular formula is C18H22As2N4O10S2. The van der Waals surface area contributed by atoms with E-state index in [-0.39, 0.29) is 39.4 Å². The molecular weight excluding hydrogens is 646 g/mol. The number of amides is 2. The van der Waals surface area contributed by atoms with Crippen LogP contribution < -0.4 is 30.0 Å². The van der Waals surface area contributed by atoms with E-state index in [0.29, 0.717) is 11.4 Å². The summed E-state index contributed by atoms with van der Waals surface area (Å²) >= 11 is -0.142. The maximum absolute atomic E-state index is 11.6. The van der Waals surface area contributed by atoms with Crippen molar-refractivity contribution in [2.45, 2.75) is 0 Å². The molecule has 36 heavy (non-hydrogen) atoms. The van der Waals surface area contributed by atoms with E-state index in [1.165, 1.54) is 8.70 Å². The molecule has 0 heterocycles. The van der Waals surface area contributed by atoms with E-state index in [0.717, 1.165) is 0 Å². The molecule has 2 aromatic carbocycles. The number of benzene rings is 2. The molecule has 0 aromatic heterocycles. The van der Waals surface area contributed by atoms with Crippen LogP contribution in [-0.2, 0) is 38.8 Å². The molecule has 0 aliphatic rings. The van der Waals surface area contributed by atoms with Crippen LogP contribution in [-0.4, -0.2) is 90.6 Å². The molecule has 2 rings (SSSR count). The zero-order valence-electron chi connectivity index (χ0n) is 18.3. The van der Waals surface area contributed by atoms with E-state index >= 15 is 0 Å². The quantitative estimate of drug-likeness (QED) is 0.0706. The molecule has 18 heteroatoms. The SMILES string of the molecule is O=C(CNc1ccc([As]=[As]c2ccc(NCC(=O)NCOS(=O)(=O)O)cc2)cc1)NCOS(=O)(=O)O. The number of hydrogen-bond acceptors (Lipinski definition) is 10. The predicted molar refractivity (Wildman–Crippen MR) is 132 cm³/mol. The molecule has 0 saturated heterocycles. The normalized spacial score (nSPS) is 11.7. The van der Waals surface area contributed by atoms with Gasteiger partial charge in [0.05, 0.1) is 0 Å². The van der Waals surface area contributed by atoms with E-state index < -0.39 is 46.1 Å². The summed E-state index contributed by atoms with van der Waals surface area (Å²) in [5, 5.41) is 10.1. The first-order valence-electron chi connectivity index (χ1n) is 9.76. The van der Waals surface area contributed by atoms with Crippen molar-refractivity contribution < 1.29 is 43.9 Å². The van der Waals surface area contributed by atoms with Gasteiger partial charge in [0.2, 0.25) is 0 Å². The van der Waals surface area contributed by atoms with Gasteiger partial charge in [0.1, 0.15) is 0 Å². The monoisotopic (exact) mass is 668 g/mol. The predicted octanol–water partition coefficient (Wildman–Crippen LogP) is -2.43. The van der Waals surface area contributed by atoms with Crippen LogP contribution in [0, 0.1) is 0 Å². The van der Waals surface area contributed by atoms with E-state index in [1.807, 2.05) is 48.5 Å². The zero-order valence-corrected chi connectivity index (χ0v) is 23.7. The van der Waals surface area contributed by atoms with Crippen molar-refractivity contribution in [1.82, 2.24) is 10.6 Å². The Kier molecular flexibility index (Phi) is 12.1. The number of anilines is 2. The average Bonchev–Trinajstić information content (AvgIpc) is 2.80. The fourth-order valence-electron chi connectivity index (χ4n) is 2.27. The third-order valence-electron chi connectivity index (χ3n) is 3.88. The van der Waals surface area contributed by atoms with Gasteiger partial charge in [-0.1, -0.05) is 0 Å². The molecule has 0 bridgehead atoms. The molecule has 0 unspecified atom stereocenters. The van der Waals surface area contributed by atoms with Crippen molar-refractivity contribution >= 4 is 79.0 Å². The number of hydrogen-bond donors (Lipinski definition) is 6. The van der Waals surface area contributed by atoms with Crippen molar-refractivity contribution in [1.29, 1.82) is 0 Å². The minimum atomic E-state index is -4.61. The summed E-state index contributed by atoms with van der Waals surface area (Å²) < 4.78 is 68.9. The van der Waals surface area contributed by atoms with E-state index in [2.05, 4.69) is 29.6 Å². The number of nitrogens with one attached hydrogen (secondary N) is 4. The molecule has 0 fully saturated rings. The first-order chi connectivity index (χ1) is 16.9. The summed E-state index contributed by atoms with van der Waals surface area (Å²) in [6, 6.07) is 15.2. The number of rotatable bonds is 14. The second-order valence-corrected chi connectivity index (χ2v) is 16.1. The zero-order chi connectivity index (χ0) is 26.6. The Bertz CT molecular complexity index is 1170. The van der Waals surface area contributed by atoms with Crippen LogP contribution in [0.5, 0.6) is 0 Å². The van der Waals surface area contributed by atoms with E-state index in [4.69, 9.17) is 9.11 Å². The van der Waals surface area contributed by atoms with Gasteiger partial charge in [0.25, 0.3) is 0 Å². The van der Waals surface area contributed by atoms with Gasteiger partial charge in [-0.3, -0.25) is 0 Å². The van der Waals surface area contributed by atoms with Gasteiger partial charge < -0.3 is 0 Å². The van der Waals surface area contributed by atoms with Gasteiger partial charge in [-0.2, -0.15) is 0 Å². The topological polar surface area (TPSA) is 209 Å². The van der Waals surface area contributed by atoms with Crippen molar-refractivity contribution in [3.05, 3.63) is 48.5 Å². The molecule has 14 nitrogen and oxygen atoms in total. The Labute approximate surface area is 218 Å². The van der Waals surface area contributed by atoms with Gasteiger partial charge in [-0.05, 0) is 0 Å². The number of carbonyl (C=O) groups excluding carboxylic acids is 2. The van der Waals surface area contributed by atoms with Crippen molar-refractivity contribution in [2.24, 2.45) is 0 Å². The standard InChI is InChI=1S/C18H22As2N4O10S2/c25-17(23-11-33-35(27,28)29)9-21-15-5-1-13(2-6-15)19-20-14-3-7-16(8-4-14)22-10-18(26)24-12-34-36(30,31)32/h1-8,21-22H,9-12H2,(H,23,25)(H,24,26)(H,27,28,29)(H,30,31,32). The third kappa shape index (κ3) is 13.8. The van der Waals surface area contributed by atoms with Crippen LogP contribution in [0.4, 0.5) is 11.4 Å². The molecule has 2 amide bonds. The Balaban J connectivity index is 1.74. The van der Waals surface area contributed by atoms with E-state index in [9.17, 15) is 26.4 Å². The molecule has 0 saturated carbocycles. The van der Waals surface area contributed by atoms with Crippen LogP contribution in [0.2, 0.25) is 0 Å². The molecule has 0 atom stereocenters. The fourth-order valence-corrected chi connectivity index (χ4v) is 9.78. The summed E-state index contributed by atoms with van der Waals surface area (Å²) in [4.78, 5) is 23.2. The minimum absolute atomic E-state index is 0.0709. The molecule has 0 aliphatic heterocycles. The molecule has 2 aromatic rings.